The molecule has 5 rings (SSSR count). The lowest BCUT2D eigenvalue weighted by atomic mass is 10.00. The Morgan fingerprint density at radius 2 is 2.07 bits per heavy atom. The van der Waals surface area contributed by atoms with Gasteiger partial charge in [0.15, 0.2) is 11.6 Å². The number of hydrogen-bond donors (Lipinski definition) is 0. The van der Waals surface area contributed by atoms with Crippen LogP contribution < -0.4 is 0 Å². The van der Waals surface area contributed by atoms with Gasteiger partial charge in [-0.25, -0.2) is 4.98 Å². The molecule has 2 atom stereocenters. The molecule has 6 nitrogen and oxygen atoms in total. The second-order valence-corrected chi connectivity index (χ2v) is 8.02. The van der Waals surface area contributed by atoms with Crippen LogP contribution in [0.4, 0.5) is 13.2 Å². The Bertz CT molecular complexity index is 1090. The molecule has 1 fully saturated rings. The number of amides is 1. The Balaban J connectivity index is 1.53. The van der Waals surface area contributed by atoms with Gasteiger partial charge in [0.05, 0.1) is 23.2 Å². The number of alkyl halides is 3. The normalized spacial score (nSPS) is 20.8. The Labute approximate surface area is 168 Å². The van der Waals surface area contributed by atoms with E-state index in [-0.39, 0.29) is 29.1 Å². The maximum absolute atomic E-state index is 13.3. The van der Waals surface area contributed by atoms with Gasteiger partial charge in [-0.15, -0.1) is 21.5 Å². The predicted octanol–water partition coefficient (Wildman–Crippen LogP) is 4.09. The van der Waals surface area contributed by atoms with Crippen molar-refractivity contribution in [1.82, 2.24) is 24.6 Å². The average molecular weight is 419 g/mol. The molecule has 0 unspecified atom stereocenters. The van der Waals surface area contributed by atoms with Crippen LogP contribution in [0.3, 0.4) is 0 Å². The van der Waals surface area contributed by atoms with Gasteiger partial charge >= 0.3 is 6.18 Å². The van der Waals surface area contributed by atoms with Crippen molar-refractivity contribution in [3.63, 3.8) is 0 Å². The van der Waals surface area contributed by atoms with Crippen LogP contribution in [-0.2, 0) is 12.7 Å². The number of halogens is 3. The summed E-state index contributed by atoms with van der Waals surface area (Å²) in [4.78, 5) is 19.3. The molecule has 2 bridgehead atoms. The minimum atomic E-state index is -4.50. The zero-order valence-corrected chi connectivity index (χ0v) is 16.2. The minimum Gasteiger partial charge on any atom is -0.324 e. The number of nitrogens with zero attached hydrogens (tertiary/aromatic N) is 5. The van der Waals surface area contributed by atoms with Crippen LogP contribution in [0.2, 0.25) is 0 Å². The summed E-state index contributed by atoms with van der Waals surface area (Å²) in [5.41, 5.74) is 1.73. The highest BCUT2D eigenvalue weighted by Crippen LogP contribution is 2.43. The standard InChI is InChI=1S/C19H16F3N5OS/c1-10-12(3-2-4-13(10)19(20,21)22)18(28)27-11-5-6-15(27)17-25-24-16(26(17)7-11)14-8-29-9-23-14/h2-4,8-9,11,15H,5-7H2,1H3/t11-,15+/m0/s1. The third-order valence-corrected chi connectivity index (χ3v) is 6.33. The molecule has 4 heterocycles. The molecule has 0 N–H and O–H groups in total. The summed E-state index contributed by atoms with van der Waals surface area (Å²) < 4.78 is 41.8. The number of benzene rings is 1. The summed E-state index contributed by atoms with van der Waals surface area (Å²) in [5.74, 6) is 0.950. The van der Waals surface area contributed by atoms with E-state index in [1.807, 2.05) is 9.95 Å². The first-order chi connectivity index (χ1) is 13.9. The zero-order valence-electron chi connectivity index (χ0n) is 15.3. The number of fused-ring (bicyclic) bond motifs is 4. The van der Waals surface area contributed by atoms with Gasteiger partial charge < -0.3 is 9.47 Å². The second kappa shape index (κ2) is 6.38. The second-order valence-electron chi connectivity index (χ2n) is 7.30. The van der Waals surface area contributed by atoms with Crippen molar-refractivity contribution < 1.29 is 18.0 Å². The van der Waals surface area contributed by atoms with Crippen LogP contribution in [0.15, 0.2) is 29.1 Å². The van der Waals surface area contributed by atoms with Crippen LogP contribution in [0, 0.1) is 6.92 Å². The molecule has 2 aliphatic rings. The van der Waals surface area contributed by atoms with E-state index in [0.29, 0.717) is 24.6 Å². The lowest BCUT2D eigenvalue weighted by Gasteiger charge is -2.35. The number of hydrogen-bond acceptors (Lipinski definition) is 5. The Morgan fingerprint density at radius 3 is 2.79 bits per heavy atom. The predicted molar refractivity (Wildman–Crippen MR) is 99.2 cm³/mol. The van der Waals surface area contributed by atoms with Gasteiger partial charge in [0, 0.05) is 17.5 Å². The fourth-order valence-corrected chi connectivity index (χ4v) is 4.93. The van der Waals surface area contributed by atoms with E-state index in [2.05, 4.69) is 15.2 Å². The summed E-state index contributed by atoms with van der Waals surface area (Å²) >= 11 is 1.46. The van der Waals surface area contributed by atoms with Gasteiger partial charge in [-0.3, -0.25) is 4.79 Å². The number of aromatic nitrogens is 4. The molecule has 3 aromatic rings. The van der Waals surface area contributed by atoms with Crippen LogP contribution in [0.1, 0.15) is 46.2 Å². The molecular weight excluding hydrogens is 403 g/mol. The quantitative estimate of drug-likeness (QED) is 0.628. The van der Waals surface area contributed by atoms with Crippen molar-refractivity contribution >= 4 is 17.2 Å². The Hall–Kier alpha value is -2.75. The summed E-state index contributed by atoms with van der Waals surface area (Å²) in [7, 11) is 0. The van der Waals surface area contributed by atoms with Crippen LogP contribution in [0.5, 0.6) is 0 Å². The molecule has 0 saturated carbocycles. The highest BCUT2D eigenvalue weighted by Gasteiger charge is 2.46. The molecule has 29 heavy (non-hydrogen) atoms. The molecule has 2 aliphatic heterocycles. The SMILES string of the molecule is Cc1c(C(=O)N2[C@H]3CC[C@@H]2c2nnc(-c4cscn4)n2C3)cccc1C(F)(F)F. The molecule has 0 spiro atoms. The van der Waals surface area contributed by atoms with E-state index in [9.17, 15) is 18.0 Å². The molecule has 1 amide bonds. The van der Waals surface area contributed by atoms with E-state index in [4.69, 9.17) is 0 Å². The molecule has 1 aromatic carbocycles. The smallest absolute Gasteiger partial charge is 0.324 e. The Kier molecular flexibility index (Phi) is 4.02. The number of carbonyl (C=O) groups is 1. The molecule has 10 heteroatoms. The maximum Gasteiger partial charge on any atom is 0.416 e. The summed E-state index contributed by atoms with van der Waals surface area (Å²) in [6.45, 7) is 1.86. The highest BCUT2D eigenvalue weighted by atomic mass is 32.1. The lowest BCUT2D eigenvalue weighted by Crippen LogP contribution is -2.44. The largest absolute Gasteiger partial charge is 0.416 e. The van der Waals surface area contributed by atoms with Crippen molar-refractivity contribution in [2.75, 3.05) is 0 Å². The van der Waals surface area contributed by atoms with Crippen LogP contribution >= 0.6 is 11.3 Å². The topological polar surface area (TPSA) is 63.9 Å². The van der Waals surface area contributed by atoms with E-state index >= 15 is 0 Å². The van der Waals surface area contributed by atoms with Gasteiger partial charge in [-0.05, 0) is 37.5 Å². The zero-order chi connectivity index (χ0) is 20.3. The first kappa shape index (κ1) is 18.3. The number of rotatable bonds is 2. The summed E-state index contributed by atoms with van der Waals surface area (Å²) in [6.07, 6.45) is -3.01. The van der Waals surface area contributed by atoms with Crippen molar-refractivity contribution in [3.8, 4) is 11.5 Å². The fraction of sp³-hybridized carbons (Fsp3) is 0.368. The number of carbonyl (C=O) groups excluding carboxylic acids is 1. The third kappa shape index (κ3) is 2.77. The van der Waals surface area contributed by atoms with Gasteiger partial charge in [0.25, 0.3) is 5.91 Å². The van der Waals surface area contributed by atoms with Crippen molar-refractivity contribution in [2.45, 2.75) is 44.6 Å². The Morgan fingerprint density at radius 1 is 1.24 bits per heavy atom. The number of thiazole rings is 1. The minimum absolute atomic E-state index is 0.0420. The molecule has 1 saturated heterocycles. The fourth-order valence-electron chi connectivity index (χ4n) is 4.40. The van der Waals surface area contributed by atoms with Gasteiger partial charge in [0.2, 0.25) is 0 Å². The molecule has 150 valence electrons. The van der Waals surface area contributed by atoms with Gasteiger partial charge in [-0.2, -0.15) is 13.2 Å². The molecular formula is C19H16F3N5OS. The highest BCUT2D eigenvalue weighted by molar-refractivity contribution is 7.07. The average Bonchev–Trinajstić information content (AvgIpc) is 3.39. The van der Waals surface area contributed by atoms with Crippen LogP contribution in [0.25, 0.3) is 11.5 Å². The van der Waals surface area contributed by atoms with E-state index < -0.39 is 11.7 Å². The van der Waals surface area contributed by atoms with Crippen molar-refractivity contribution in [1.29, 1.82) is 0 Å². The van der Waals surface area contributed by atoms with Crippen molar-refractivity contribution in [2.24, 2.45) is 0 Å². The first-order valence-corrected chi connectivity index (χ1v) is 10.1. The molecule has 0 radical (unpaired) electrons. The monoisotopic (exact) mass is 419 g/mol. The lowest BCUT2D eigenvalue weighted by molar-refractivity contribution is -0.138. The molecule has 2 aromatic heterocycles. The summed E-state index contributed by atoms with van der Waals surface area (Å²) in [6, 6.07) is 3.36. The van der Waals surface area contributed by atoms with Gasteiger partial charge in [0.1, 0.15) is 5.69 Å². The third-order valence-electron chi connectivity index (χ3n) is 5.74. The van der Waals surface area contributed by atoms with Crippen LogP contribution in [-0.4, -0.2) is 36.6 Å². The molecule has 0 aliphatic carbocycles. The van der Waals surface area contributed by atoms with Gasteiger partial charge in [-0.1, -0.05) is 6.07 Å². The van der Waals surface area contributed by atoms with E-state index in [0.717, 1.165) is 18.2 Å². The van der Waals surface area contributed by atoms with E-state index in [1.165, 1.54) is 30.4 Å². The summed E-state index contributed by atoms with van der Waals surface area (Å²) in [5, 5.41) is 10.5. The first-order valence-electron chi connectivity index (χ1n) is 9.17. The van der Waals surface area contributed by atoms with Crippen molar-refractivity contribution in [3.05, 3.63) is 51.6 Å². The van der Waals surface area contributed by atoms with E-state index in [1.54, 1.807) is 10.4 Å². The maximum atomic E-state index is 13.3.